The highest BCUT2D eigenvalue weighted by Crippen LogP contribution is 2.35. The monoisotopic (exact) mass is 447 g/mol. The van der Waals surface area contributed by atoms with Crippen molar-refractivity contribution in [1.29, 1.82) is 0 Å². The van der Waals surface area contributed by atoms with E-state index in [4.69, 9.17) is 9.47 Å². The molecule has 0 spiro atoms. The van der Waals surface area contributed by atoms with Gasteiger partial charge in [-0.1, -0.05) is 56.7 Å². The fraction of sp³-hybridized carbons (Fsp3) is 0.483. The number of carbonyl (C=O) groups is 1. The van der Waals surface area contributed by atoms with Crippen LogP contribution in [0, 0.1) is 5.92 Å². The molecule has 1 fully saturated rings. The Morgan fingerprint density at radius 3 is 2.39 bits per heavy atom. The average Bonchev–Trinajstić information content (AvgIpc) is 2.80. The summed E-state index contributed by atoms with van der Waals surface area (Å²) < 4.78 is 11.1. The van der Waals surface area contributed by atoms with Gasteiger partial charge < -0.3 is 9.47 Å². The van der Waals surface area contributed by atoms with E-state index in [1.807, 2.05) is 0 Å². The summed E-state index contributed by atoms with van der Waals surface area (Å²) >= 11 is 0. The van der Waals surface area contributed by atoms with Crippen molar-refractivity contribution in [3.63, 3.8) is 0 Å². The summed E-state index contributed by atoms with van der Waals surface area (Å²) in [7, 11) is 1.47. The van der Waals surface area contributed by atoms with Gasteiger partial charge in [0.15, 0.2) is 0 Å². The standard InChI is InChI=1S/C29H37NO3/c1-19(2)22-6-8-23(9-7-22)20(3)18-33-27-12-13-28-21(4)25(11-10-24(28)14-27)15-30-16-26(17-30)29(31)32-5/h6-9,12-14,19-20,26H,10-11,15-18H2,1-5H3. The van der Waals surface area contributed by atoms with E-state index in [2.05, 4.69) is 75.1 Å². The van der Waals surface area contributed by atoms with Crippen LogP contribution in [-0.2, 0) is 16.0 Å². The van der Waals surface area contributed by atoms with E-state index in [0.717, 1.165) is 38.2 Å². The third-order valence-electron chi connectivity index (χ3n) is 7.29. The summed E-state index contributed by atoms with van der Waals surface area (Å²) in [5, 5.41) is 0. The fourth-order valence-electron chi connectivity index (χ4n) is 4.91. The molecule has 1 atom stereocenters. The minimum absolute atomic E-state index is 0.0435. The van der Waals surface area contributed by atoms with Crippen LogP contribution >= 0.6 is 0 Å². The van der Waals surface area contributed by atoms with Gasteiger partial charge in [-0.05, 0) is 65.6 Å². The quantitative estimate of drug-likeness (QED) is 0.478. The molecule has 1 aliphatic heterocycles. The highest BCUT2D eigenvalue weighted by Gasteiger charge is 2.34. The number of likely N-dealkylation sites (tertiary alicyclic amines) is 1. The van der Waals surface area contributed by atoms with Gasteiger partial charge in [-0.15, -0.1) is 0 Å². The van der Waals surface area contributed by atoms with Gasteiger partial charge in [-0.2, -0.15) is 0 Å². The lowest BCUT2D eigenvalue weighted by Gasteiger charge is -2.39. The number of carbonyl (C=O) groups excluding carboxylic acids is 1. The zero-order valence-electron chi connectivity index (χ0n) is 20.7. The first kappa shape index (κ1) is 23.6. The molecule has 0 amide bonds. The molecule has 4 heteroatoms. The molecule has 4 nitrogen and oxygen atoms in total. The number of fused-ring (bicyclic) bond motifs is 1. The zero-order chi connectivity index (χ0) is 23.5. The molecule has 1 heterocycles. The first-order chi connectivity index (χ1) is 15.9. The lowest BCUT2D eigenvalue weighted by Crippen LogP contribution is -2.51. The van der Waals surface area contributed by atoms with Crippen molar-refractivity contribution in [3.05, 3.63) is 70.3 Å². The van der Waals surface area contributed by atoms with Gasteiger partial charge >= 0.3 is 5.97 Å². The molecule has 0 bridgehead atoms. The van der Waals surface area contributed by atoms with E-state index in [1.54, 1.807) is 0 Å². The predicted octanol–water partition coefficient (Wildman–Crippen LogP) is 5.82. The third-order valence-corrected chi connectivity index (χ3v) is 7.29. The van der Waals surface area contributed by atoms with Gasteiger partial charge in [0, 0.05) is 25.6 Å². The zero-order valence-corrected chi connectivity index (χ0v) is 20.7. The Kier molecular flexibility index (Phi) is 7.23. The van der Waals surface area contributed by atoms with Crippen molar-refractivity contribution < 1.29 is 14.3 Å². The molecule has 1 unspecified atom stereocenters. The number of aryl methyl sites for hydroxylation is 1. The molecule has 1 saturated heterocycles. The van der Waals surface area contributed by atoms with Crippen LogP contribution < -0.4 is 4.74 Å². The molecule has 4 rings (SSSR count). The predicted molar refractivity (Wildman–Crippen MR) is 134 cm³/mol. The van der Waals surface area contributed by atoms with Crippen LogP contribution in [0.3, 0.4) is 0 Å². The van der Waals surface area contributed by atoms with E-state index < -0.39 is 0 Å². The summed E-state index contributed by atoms with van der Waals surface area (Å²) in [4.78, 5) is 14.0. The van der Waals surface area contributed by atoms with Crippen molar-refractivity contribution in [1.82, 2.24) is 4.90 Å². The number of rotatable bonds is 8. The number of ether oxygens (including phenoxy) is 2. The second kappa shape index (κ2) is 10.1. The van der Waals surface area contributed by atoms with Crippen LogP contribution in [0.2, 0.25) is 0 Å². The van der Waals surface area contributed by atoms with Gasteiger partial charge in [0.05, 0.1) is 19.6 Å². The van der Waals surface area contributed by atoms with E-state index in [-0.39, 0.29) is 11.9 Å². The van der Waals surface area contributed by atoms with E-state index >= 15 is 0 Å². The Morgan fingerprint density at radius 2 is 1.73 bits per heavy atom. The van der Waals surface area contributed by atoms with Crippen LogP contribution in [-0.4, -0.2) is 44.2 Å². The number of esters is 1. The molecule has 0 aromatic heterocycles. The lowest BCUT2D eigenvalue weighted by atomic mass is 9.85. The largest absolute Gasteiger partial charge is 0.493 e. The van der Waals surface area contributed by atoms with Crippen molar-refractivity contribution in [2.45, 2.75) is 52.4 Å². The van der Waals surface area contributed by atoms with Crippen LogP contribution in [0.5, 0.6) is 5.75 Å². The second-order valence-corrected chi connectivity index (χ2v) is 10.00. The molecule has 176 valence electrons. The maximum atomic E-state index is 11.6. The topological polar surface area (TPSA) is 38.8 Å². The number of hydrogen-bond donors (Lipinski definition) is 0. The van der Waals surface area contributed by atoms with Gasteiger partial charge in [0.1, 0.15) is 5.75 Å². The first-order valence-corrected chi connectivity index (χ1v) is 12.2. The maximum Gasteiger partial charge on any atom is 0.311 e. The lowest BCUT2D eigenvalue weighted by molar-refractivity contribution is -0.151. The highest BCUT2D eigenvalue weighted by molar-refractivity contribution is 5.74. The maximum absolute atomic E-state index is 11.6. The van der Waals surface area contributed by atoms with Gasteiger partial charge in [0.2, 0.25) is 0 Å². The highest BCUT2D eigenvalue weighted by atomic mass is 16.5. The molecule has 0 radical (unpaired) electrons. The van der Waals surface area contributed by atoms with Crippen LogP contribution in [0.1, 0.15) is 68.2 Å². The SMILES string of the molecule is COC(=O)C1CN(CC2=C(C)c3ccc(OCC(C)c4ccc(C(C)C)cc4)cc3CC2)C1. The van der Waals surface area contributed by atoms with Crippen molar-refractivity contribution >= 4 is 11.5 Å². The smallest absolute Gasteiger partial charge is 0.311 e. The number of methoxy groups -OCH3 is 1. The molecule has 0 N–H and O–H groups in total. The summed E-state index contributed by atoms with van der Waals surface area (Å²) in [5.41, 5.74) is 8.27. The van der Waals surface area contributed by atoms with Gasteiger partial charge in [0.25, 0.3) is 0 Å². The van der Waals surface area contributed by atoms with Crippen LogP contribution in [0.25, 0.3) is 5.57 Å². The number of allylic oxidation sites excluding steroid dienone is 1. The Balaban J connectivity index is 1.35. The molecule has 2 aliphatic rings. The number of hydrogen-bond acceptors (Lipinski definition) is 4. The molecule has 33 heavy (non-hydrogen) atoms. The Morgan fingerprint density at radius 1 is 1.03 bits per heavy atom. The van der Waals surface area contributed by atoms with Crippen LogP contribution in [0.4, 0.5) is 0 Å². The van der Waals surface area contributed by atoms with Gasteiger partial charge in [-0.25, -0.2) is 0 Å². The molecule has 0 saturated carbocycles. The molecular formula is C29H37NO3. The Hall–Kier alpha value is -2.59. The van der Waals surface area contributed by atoms with E-state index in [9.17, 15) is 4.79 Å². The third kappa shape index (κ3) is 5.33. The van der Waals surface area contributed by atoms with Crippen LogP contribution in [0.15, 0.2) is 48.0 Å². The first-order valence-electron chi connectivity index (χ1n) is 12.2. The van der Waals surface area contributed by atoms with E-state index in [0.29, 0.717) is 18.4 Å². The molecular weight excluding hydrogens is 410 g/mol. The minimum atomic E-state index is -0.0830. The van der Waals surface area contributed by atoms with E-state index in [1.165, 1.54) is 40.5 Å². The Labute approximate surface area is 198 Å². The molecule has 1 aliphatic carbocycles. The number of benzene rings is 2. The van der Waals surface area contributed by atoms with Crippen molar-refractivity contribution in [2.75, 3.05) is 33.4 Å². The summed E-state index contributed by atoms with van der Waals surface area (Å²) in [5.74, 6) is 1.82. The normalized spacial score (nSPS) is 17.5. The summed E-state index contributed by atoms with van der Waals surface area (Å²) in [6, 6.07) is 15.5. The molecule has 2 aromatic rings. The minimum Gasteiger partial charge on any atom is -0.493 e. The summed E-state index contributed by atoms with van der Waals surface area (Å²) in [6.45, 7) is 12.1. The van der Waals surface area contributed by atoms with Crippen molar-refractivity contribution in [3.8, 4) is 5.75 Å². The Bertz CT molecular complexity index is 1020. The second-order valence-electron chi connectivity index (χ2n) is 10.00. The van der Waals surface area contributed by atoms with Crippen molar-refractivity contribution in [2.24, 2.45) is 5.92 Å². The van der Waals surface area contributed by atoms with Gasteiger partial charge in [-0.3, -0.25) is 9.69 Å². The molecule has 2 aromatic carbocycles. The summed E-state index contributed by atoms with van der Waals surface area (Å²) in [6.07, 6.45) is 2.11. The fourth-order valence-corrected chi connectivity index (χ4v) is 4.91. The number of nitrogens with zero attached hydrogens (tertiary/aromatic N) is 1. The average molecular weight is 448 g/mol.